The summed E-state index contributed by atoms with van der Waals surface area (Å²) < 4.78 is 13.1. The van der Waals surface area contributed by atoms with Crippen LogP contribution in [0.3, 0.4) is 0 Å². The van der Waals surface area contributed by atoms with Crippen molar-refractivity contribution in [3.63, 3.8) is 0 Å². The Morgan fingerprint density at radius 3 is 3.19 bits per heavy atom. The van der Waals surface area contributed by atoms with E-state index in [0.717, 1.165) is 25.3 Å². The van der Waals surface area contributed by atoms with Crippen molar-refractivity contribution in [2.45, 2.75) is 12.5 Å². The van der Waals surface area contributed by atoms with Crippen LogP contribution in [0.4, 0.5) is 10.1 Å². The smallest absolute Gasteiger partial charge is 0.125 e. The van der Waals surface area contributed by atoms with Gasteiger partial charge in [0.1, 0.15) is 5.82 Å². The van der Waals surface area contributed by atoms with Crippen LogP contribution in [0.2, 0.25) is 0 Å². The fraction of sp³-hybridized carbons (Fsp3) is 0.417. The summed E-state index contributed by atoms with van der Waals surface area (Å²) in [6.07, 6.45) is 0.492. The Morgan fingerprint density at radius 1 is 1.56 bits per heavy atom. The van der Waals surface area contributed by atoms with Gasteiger partial charge < -0.3 is 10.2 Å². The lowest BCUT2D eigenvalue weighted by atomic mass is 10.1. The molecular weight excluding hydrogens is 205 g/mol. The van der Waals surface area contributed by atoms with E-state index in [-0.39, 0.29) is 11.9 Å². The zero-order chi connectivity index (χ0) is 11.4. The van der Waals surface area contributed by atoms with Gasteiger partial charge in [0.05, 0.1) is 12.5 Å². The van der Waals surface area contributed by atoms with Crippen molar-refractivity contribution in [1.82, 2.24) is 5.32 Å². The van der Waals surface area contributed by atoms with Gasteiger partial charge in [-0.3, -0.25) is 0 Å². The molecule has 1 aromatic carbocycles. The maximum atomic E-state index is 13.1. The van der Waals surface area contributed by atoms with Crippen LogP contribution >= 0.6 is 0 Å². The summed E-state index contributed by atoms with van der Waals surface area (Å²) in [5.41, 5.74) is 0.893. The third kappa shape index (κ3) is 2.50. The van der Waals surface area contributed by atoms with E-state index in [1.165, 1.54) is 12.1 Å². The molecule has 0 saturated carbocycles. The molecule has 1 unspecified atom stereocenters. The standard InChI is InChI=1S/C12H14FN3/c13-10-2-1-3-12(8-10)16-7-6-15-11(9-16)4-5-14/h1-3,8,11,15H,4,6-7,9H2. The minimum atomic E-state index is -0.215. The first kappa shape index (κ1) is 10.9. The highest BCUT2D eigenvalue weighted by molar-refractivity contribution is 5.47. The number of anilines is 1. The molecule has 0 bridgehead atoms. The number of nitrogens with zero attached hydrogens (tertiary/aromatic N) is 2. The van der Waals surface area contributed by atoms with Gasteiger partial charge >= 0.3 is 0 Å². The zero-order valence-corrected chi connectivity index (χ0v) is 8.99. The predicted octanol–water partition coefficient (Wildman–Crippen LogP) is 1.52. The average Bonchev–Trinajstić information content (AvgIpc) is 2.30. The summed E-state index contributed by atoms with van der Waals surface area (Å²) in [4.78, 5) is 2.11. The molecule has 0 radical (unpaired) electrons. The zero-order valence-electron chi connectivity index (χ0n) is 8.99. The Bertz CT molecular complexity index is 399. The topological polar surface area (TPSA) is 39.1 Å². The molecule has 1 aromatic rings. The van der Waals surface area contributed by atoms with Gasteiger partial charge in [-0.1, -0.05) is 6.07 Å². The molecule has 1 fully saturated rings. The molecule has 1 aliphatic heterocycles. The van der Waals surface area contributed by atoms with Crippen molar-refractivity contribution in [3.05, 3.63) is 30.1 Å². The molecule has 2 rings (SSSR count). The molecule has 0 spiro atoms. The van der Waals surface area contributed by atoms with Crippen molar-refractivity contribution < 1.29 is 4.39 Å². The van der Waals surface area contributed by atoms with Crippen LogP contribution < -0.4 is 10.2 Å². The molecule has 1 heterocycles. The molecule has 0 amide bonds. The average molecular weight is 219 g/mol. The van der Waals surface area contributed by atoms with Crippen LogP contribution in [0, 0.1) is 17.1 Å². The molecule has 4 heteroatoms. The lowest BCUT2D eigenvalue weighted by Crippen LogP contribution is -2.50. The van der Waals surface area contributed by atoms with Crippen molar-refractivity contribution in [3.8, 4) is 6.07 Å². The maximum Gasteiger partial charge on any atom is 0.125 e. The van der Waals surface area contributed by atoms with Gasteiger partial charge in [0.25, 0.3) is 0 Å². The molecule has 1 saturated heterocycles. The lowest BCUT2D eigenvalue weighted by molar-refractivity contribution is 0.462. The molecular formula is C12H14FN3. The van der Waals surface area contributed by atoms with E-state index in [4.69, 9.17) is 5.26 Å². The maximum absolute atomic E-state index is 13.1. The highest BCUT2D eigenvalue weighted by Crippen LogP contribution is 2.17. The van der Waals surface area contributed by atoms with E-state index < -0.39 is 0 Å². The van der Waals surface area contributed by atoms with Crippen molar-refractivity contribution in [2.75, 3.05) is 24.5 Å². The Hall–Kier alpha value is -1.60. The van der Waals surface area contributed by atoms with E-state index >= 15 is 0 Å². The Kier molecular flexibility index (Phi) is 3.37. The number of benzene rings is 1. The number of halogens is 1. The van der Waals surface area contributed by atoms with Gasteiger partial charge in [-0.2, -0.15) is 5.26 Å². The molecule has 1 atom stereocenters. The first-order valence-corrected chi connectivity index (χ1v) is 5.40. The largest absolute Gasteiger partial charge is 0.369 e. The number of hydrogen-bond acceptors (Lipinski definition) is 3. The van der Waals surface area contributed by atoms with Gasteiger partial charge in [0, 0.05) is 31.4 Å². The SMILES string of the molecule is N#CCC1CN(c2cccc(F)c2)CCN1. The molecule has 0 aromatic heterocycles. The van der Waals surface area contributed by atoms with Crippen LogP contribution in [0.25, 0.3) is 0 Å². The second-order valence-electron chi connectivity index (χ2n) is 3.94. The van der Waals surface area contributed by atoms with Crippen molar-refractivity contribution >= 4 is 5.69 Å². The number of nitrogens with one attached hydrogen (secondary N) is 1. The van der Waals surface area contributed by atoms with Crippen molar-refractivity contribution in [2.24, 2.45) is 0 Å². The van der Waals surface area contributed by atoms with Gasteiger partial charge in [0.2, 0.25) is 0 Å². The van der Waals surface area contributed by atoms with Crippen LogP contribution in [0.15, 0.2) is 24.3 Å². The molecule has 1 N–H and O–H groups in total. The lowest BCUT2D eigenvalue weighted by Gasteiger charge is -2.34. The minimum absolute atomic E-state index is 0.182. The highest BCUT2D eigenvalue weighted by atomic mass is 19.1. The summed E-state index contributed by atoms with van der Waals surface area (Å²) in [6, 6.07) is 8.93. The summed E-state index contributed by atoms with van der Waals surface area (Å²) >= 11 is 0. The van der Waals surface area contributed by atoms with Crippen molar-refractivity contribution in [1.29, 1.82) is 5.26 Å². The summed E-state index contributed by atoms with van der Waals surface area (Å²) in [6.45, 7) is 2.45. The van der Waals surface area contributed by atoms with E-state index in [9.17, 15) is 4.39 Å². The van der Waals surface area contributed by atoms with Gasteiger partial charge in [-0.15, -0.1) is 0 Å². The van der Waals surface area contributed by atoms with Crippen LogP contribution in [0.5, 0.6) is 0 Å². The van der Waals surface area contributed by atoms with E-state index in [0.29, 0.717) is 6.42 Å². The predicted molar refractivity (Wildman–Crippen MR) is 60.6 cm³/mol. The Labute approximate surface area is 94.5 Å². The van der Waals surface area contributed by atoms with E-state index in [2.05, 4.69) is 16.3 Å². The molecule has 3 nitrogen and oxygen atoms in total. The molecule has 0 aliphatic carbocycles. The number of hydrogen-bond donors (Lipinski definition) is 1. The molecule has 84 valence electrons. The highest BCUT2D eigenvalue weighted by Gasteiger charge is 2.19. The first-order valence-electron chi connectivity index (χ1n) is 5.40. The Balaban J connectivity index is 2.07. The van der Waals surface area contributed by atoms with Gasteiger partial charge in [-0.25, -0.2) is 4.39 Å². The fourth-order valence-corrected chi connectivity index (χ4v) is 1.98. The monoisotopic (exact) mass is 219 g/mol. The number of piperazine rings is 1. The quantitative estimate of drug-likeness (QED) is 0.819. The minimum Gasteiger partial charge on any atom is -0.369 e. The normalized spacial score (nSPS) is 20.5. The van der Waals surface area contributed by atoms with Gasteiger partial charge in [-0.05, 0) is 18.2 Å². The third-order valence-corrected chi connectivity index (χ3v) is 2.77. The molecule has 16 heavy (non-hydrogen) atoms. The first-order chi connectivity index (χ1) is 7.79. The second kappa shape index (κ2) is 4.95. The number of nitriles is 1. The van der Waals surface area contributed by atoms with E-state index in [1.807, 2.05) is 6.07 Å². The fourth-order valence-electron chi connectivity index (χ4n) is 1.98. The summed E-state index contributed by atoms with van der Waals surface area (Å²) in [5, 5.41) is 11.9. The van der Waals surface area contributed by atoms with Crippen LogP contribution in [0.1, 0.15) is 6.42 Å². The second-order valence-corrected chi connectivity index (χ2v) is 3.94. The molecule has 1 aliphatic rings. The summed E-state index contributed by atoms with van der Waals surface area (Å²) in [7, 11) is 0. The Morgan fingerprint density at radius 2 is 2.44 bits per heavy atom. The van der Waals surface area contributed by atoms with Gasteiger partial charge in [0.15, 0.2) is 0 Å². The summed E-state index contributed by atoms with van der Waals surface area (Å²) in [5.74, 6) is -0.215. The third-order valence-electron chi connectivity index (χ3n) is 2.77. The van der Waals surface area contributed by atoms with Crippen LogP contribution in [-0.4, -0.2) is 25.7 Å². The number of rotatable bonds is 2. The van der Waals surface area contributed by atoms with Crippen LogP contribution in [-0.2, 0) is 0 Å². The van der Waals surface area contributed by atoms with E-state index in [1.54, 1.807) is 6.07 Å².